The molecule has 164 valence electrons. The van der Waals surface area contributed by atoms with Crippen LogP contribution in [0.1, 0.15) is 22.3 Å². The quantitative estimate of drug-likeness (QED) is 0.301. The van der Waals surface area contributed by atoms with E-state index < -0.39 is 52.3 Å². The molecule has 31 heavy (non-hydrogen) atoms. The van der Waals surface area contributed by atoms with Gasteiger partial charge in [0.05, 0.1) is 5.56 Å². The van der Waals surface area contributed by atoms with Gasteiger partial charge in [-0.2, -0.15) is 8.78 Å². The summed E-state index contributed by atoms with van der Waals surface area (Å²) < 4.78 is 114. The van der Waals surface area contributed by atoms with Gasteiger partial charge >= 0.3 is 6.11 Å². The molecule has 0 spiro atoms. The van der Waals surface area contributed by atoms with Crippen LogP contribution in [-0.2, 0) is 19.0 Å². The number of rotatable bonds is 6. The number of benzene rings is 3. The molecule has 3 aromatic carbocycles. The van der Waals surface area contributed by atoms with E-state index in [1.807, 2.05) is 0 Å². The number of ether oxygens (including phenoxy) is 1. The van der Waals surface area contributed by atoms with E-state index in [1.54, 1.807) is 0 Å². The Morgan fingerprint density at radius 1 is 0.710 bits per heavy atom. The summed E-state index contributed by atoms with van der Waals surface area (Å²) in [5.41, 5.74) is -0.841. The van der Waals surface area contributed by atoms with Gasteiger partial charge in [0.2, 0.25) is 0 Å². The lowest BCUT2D eigenvalue weighted by atomic mass is 10.0. The Bertz CT molecular complexity index is 1100. The summed E-state index contributed by atoms with van der Waals surface area (Å²) >= 11 is 0. The predicted molar refractivity (Wildman–Crippen MR) is 95.7 cm³/mol. The van der Waals surface area contributed by atoms with Crippen molar-refractivity contribution in [2.45, 2.75) is 25.9 Å². The van der Waals surface area contributed by atoms with Crippen molar-refractivity contribution in [3.05, 3.63) is 99.6 Å². The fourth-order valence-electron chi connectivity index (χ4n) is 2.90. The topological polar surface area (TPSA) is 9.23 Å². The summed E-state index contributed by atoms with van der Waals surface area (Å²) in [5.74, 6) is -9.82. The monoisotopic (exact) mass is 446 g/mol. The van der Waals surface area contributed by atoms with Crippen LogP contribution in [0.3, 0.4) is 0 Å². The molecule has 0 heterocycles. The normalized spacial score (nSPS) is 11.6. The molecule has 0 saturated carbocycles. The van der Waals surface area contributed by atoms with Gasteiger partial charge in [0.25, 0.3) is 0 Å². The molecular formula is C22H14F8O. The molecule has 0 saturated heterocycles. The zero-order valence-electron chi connectivity index (χ0n) is 15.9. The van der Waals surface area contributed by atoms with Crippen LogP contribution in [0.4, 0.5) is 35.1 Å². The molecular weight excluding hydrogens is 432 g/mol. The van der Waals surface area contributed by atoms with Gasteiger partial charge in [-0.1, -0.05) is 18.2 Å². The smallest absolute Gasteiger partial charge is 0.429 e. The minimum atomic E-state index is -4.33. The van der Waals surface area contributed by atoms with Gasteiger partial charge in [0, 0.05) is 12.1 Å². The first-order valence-electron chi connectivity index (χ1n) is 8.93. The van der Waals surface area contributed by atoms with Crippen molar-refractivity contribution < 1.29 is 39.9 Å². The second-order valence-electron chi connectivity index (χ2n) is 6.80. The molecule has 0 unspecified atom stereocenters. The second kappa shape index (κ2) is 8.56. The van der Waals surface area contributed by atoms with Crippen LogP contribution in [0.25, 0.3) is 0 Å². The van der Waals surface area contributed by atoms with E-state index in [4.69, 9.17) is 0 Å². The summed E-state index contributed by atoms with van der Waals surface area (Å²) in [6.07, 6.45) is -4.31. The van der Waals surface area contributed by atoms with Crippen molar-refractivity contribution >= 4 is 0 Å². The highest BCUT2D eigenvalue weighted by Crippen LogP contribution is 2.34. The Hall–Kier alpha value is -3.10. The molecule has 0 aliphatic rings. The highest BCUT2D eigenvalue weighted by atomic mass is 19.3. The first-order valence-corrected chi connectivity index (χ1v) is 8.93. The molecule has 0 aromatic heterocycles. The van der Waals surface area contributed by atoms with E-state index in [2.05, 4.69) is 4.74 Å². The van der Waals surface area contributed by atoms with Crippen LogP contribution in [0.15, 0.2) is 42.5 Å². The van der Waals surface area contributed by atoms with Gasteiger partial charge in [-0.15, -0.1) is 0 Å². The zero-order chi connectivity index (χ0) is 22.9. The molecule has 0 atom stereocenters. The molecule has 0 radical (unpaired) electrons. The van der Waals surface area contributed by atoms with E-state index in [-0.39, 0.29) is 41.7 Å². The van der Waals surface area contributed by atoms with Crippen molar-refractivity contribution in [3.63, 3.8) is 0 Å². The summed E-state index contributed by atoms with van der Waals surface area (Å²) in [7, 11) is 0. The third-order valence-corrected chi connectivity index (χ3v) is 4.59. The van der Waals surface area contributed by atoms with E-state index in [0.29, 0.717) is 6.07 Å². The first kappa shape index (κ1) is 22.6. The van der Waals surface area contributed by atoms with Gasteiger partial charge in [0.15, 0.2) is 29.1 Å². The maximum absolute atomic E-state index is 14.3. The molecule has 3 rings (SSSR count). The number of halogens is 8. The molecule has 1 nitrogen and oxygen atoms in total. The number of hydrogen-bond acceptors (Lipinski definition) is 1. The zero-order valence-corrected chi connectivity index (χ0v) is 15.9. The van der Waals surface area contributed by atoms with Gasteiger partial charge in [-0.05, 0) is 48.6 Å². The van der Waals surface area contributed by atoms with Gasteiger partial charge in [0.1, 0.15) is 11.6 Å². The lowest BCUT2D eigenvalue weighted by molar-refractivity contribution is -0.187. The third-order valence-electron chi connectivity index (χ3n) is 4.59. The fraction of sp³-hybridized carbons (Fsp3) is 0.182. The highest BCUT2D eigenvalue weighted by molar-refractivity contribution is 5.31. The molecule has 0 aliphatic heterocycles. The highest BCUT2D eigenvalue weighted by Gasteiger charge is 2.38. The Balaban J connectivity index is 1.77. The van der Waals surface area contributed by atoms with Crippen molar-refractivity contribution in [1.82, 2.24) is 0 Å². The Morgan fingerprint density at radius 3 is 1.97 bits per heavy atom. The van der Waals surface area contributed by atoms with Crippen LogP contribution in [-0.4, -0.2) is 0 Å². The maximum Gasteiger partial charge on any atom is 0.429 e. The summed E-state index contributed by atoms with van der Waals surface area (Å²) in [4.78, 5) is 0. The van der Waals surface area contributed by atoms with E-state index in [9.17, 15) is 35.1 Å². The standard InChI is InChI=1S/C22H14F8O/c1-11-2-5-13(20(27)19(11)26)6-3-12-4-7-15(16(23)8-12)22(29,30)31-14-9-17(24)21(28)18(25)10-14/h2,4-5,7-10H,3,6H2,1H3. The molecule has 3 aromatic rings. The molecule has 0 N–H and O–H groups in total. The van der Waals surface area contributed by atoms with Crippen LogP contribution in [0, 0.1) is 41.8 Å². The van der Waals surface area contributed by atoms with Crippen molar-refractivity contribution in [1.29, 1.82) is 0 Å². The largest absolute Gasteiger partial charge is 0.429 e. The number of aryl methyl sites for hydroxylation is 3. The van der Waals surface area contributed by atoms with Crippen LogP contribution in [0.5, 0.6) is 5.75 Å². The number of hydrogen-bond donors (Lipinski definition) is 0. The minimum absolute atomic E-state index is 0.0111. The minimum Gasteiger partial charge on any atom is -0.429 e. The predicted octanol–water partition coefficient (Wildman–Crippen LogP) is 6.74. The Morgan fingerprint density at radius 2 is 1.35 bits per heavy atom. The van der Waals surface area contributed by atoms with Crippen LogP contribution < -0.4 is 4.74 Å². The molecule has 0 bridgehead atoms. The summed E-state index contributed by atoms with van der Waals surface area (Å²) in [6, 6.07) is 5.76. The molecule has 0 aliphatic carbocycles. The Kier molecular flexibility index (Phi) is 6.24. The average molecular weight is 446 g/mol. The van der Waals surface area contributed by atoms with Crippen molar-refractivity contribution in [2.24, 2.45) is 0 Å². The van der Waals surface area contributed by atoms with Crippen LogP contribution >= 0.6 is 0 Å². The van der Waals surface area contributed by atoms with Gasteiger partial charge in [-0.3, -0.25) is 0 Å². The van der Waals surface area contributed by atoms with Gasteiger partial charge in [-0.25, -0.2) is 26.3 Å². The average Bonchev–Trinajstić information content (AvgIpc) is 2.69. The first-order chi connectivity index (χ1) is 14.5. The lowest BCUT2D eigenvalue weighted by Crippen LogP contribution is -2.24. The number of alkyl halides is 2. The van der Waals surface area contributed by atoms with E-state index >= 15 is 0 Å². The van der Waals surface area contributed by atoms with E-state index in [1.165, 1.54) is 19.1 Å². The van der Waals surface area contributed by atoms with Crippen LogP contribution in [0.2, 0.25) is 0 Å². The molecule has 0 amide bonds. The second-order valence-corrected chi connectivity index (χ2v) is 6.80. The third kappa shape index (κ3) is 4.81. The fourth-order valence-corrected chi connectivity index (χ4v) is 2.90. The molecule has 0 fully saturated rings. The maximum atomic E-state index is 14.3. The summed E-state index contributed by atoms with van der Waals surface area (Å²) in [6.45, 7) is 1.40. The molecule has 9 heteroatoms. The lowest BCUT2D eigenvalue weighted by Gasteiger charge is -2.19. The van der Waals surface area contributed by atoms with Crippen molar-refractivity contribution in [3.8, 4) is 5.75 Å². The Labute approximate surface area is 171 Å². The SMILES string of the molecule is Cc1ccc(CCc2ccc(C(F)(F)Oc3cc(F)c(F)c(F)c3)c(F)c2)c(F)c1F. The van der Waals surface area contributed by atoms with E-state index in [0.717, 1.165) is 12.1 Å². The summed E-state index contributed by atoms with van der Waals surface area (Å²) in [5, 5.41) is 0. The van der Waals surface area contributed by atoms with Gasteiger partial charge < -0.3 is 4.74 Å². The van der Waals surface area contributed by atoms with Crippen molar-refractivity contribution in [2.75, 3.05) is 0 Å².